The topological polar surface area (TPSA) is 0 Å². The molecule has 0 bridgehead atoms. The number of hydrogen-bond acceptors (Lipinski definition) is 0. The Morgan fingerprint density at radius 3 is 1.39 bits per heavy atom. The third-order valence-electron chi connectivity index (χ3n) is 2.25. The van der Waals surface area contributed by atoms with Gasteiger partial charge in [-0.25, -0.2) is 4.39 Å². The van der Waals surface area contributed by atoms with Gasteiger partial charge in [0.15, 0.2) is 5.03 Å². The summed E-state index contributed by atoms with van der Waals surface area (Å²) in [7, 11) is 0. The van der Waals surface area contributed by atoms with Gasteiger partial charge in [0.25, 0.3) is 16.6 Å². The van der Waals surface area contributed by atoms with Crippen molar-refractivity contribution in [1.82, 2.24) is 0 Å². The lowest BCUT2D eigenvalue weighted by Gasteiger charge is -2.40. The van der Waals surface area contributed by atoms with Crippen molar-refractivity contribution in [3.63, 3.8) is 0 Å². The number of hydrogen-bond donors (Lipinski definition) is 0. The van der Waals surface area contributed by atoms with Crippen molar-refractivity contribution in [3.8, 4) is 0 Å². The second-order valence-corrected chi connectivity index (χ2v) is 5.53. The molecule has 0 rings (SSSR count). The zero-order chi connectivity index (χ0) is 19.2. The van der Waals surface area contributed by atoms with Crippen molar-refractivity contribution in [3.05, 3.63) is 11.1 Å². The van der Waals surface area contributed by atoms with E-state index in [1.807, 2.05) is 0 Å². The number of halogens is 15. The lowest BCUT2D eigenvalue weighted by molar-refractivity contribution is -0.282. The largest absolute Gasteiger partial charge is 0.425 e. The highest BCUT2D eigenvalue weighted by Crippen LogP contribution is 2.60. The van der Waals surface area contributed by atoms with E-state index in [-0.39, 0.29) is 0 Å². The molecule has 0 radical (unpaired) electrons. The summed E-state index contributed by atoms with van der Waals surface area (Å²) in [5.74, 6) is -19.7. The molecule has 0 aliphatic heterocycles. The summed E-state index contributed by atoms with van der Waals surface area (Å²) >= 11 is 12.5. The molecule has 0 saturated carbocycles. The van der Waals surface area contributed by atoms with Crippen molar-refractivity contribution >= 4 is 34.8 Å². The molecule has 0 saturated heterocycles. The van der Waals surface area contributed by atoms with Gasteiger partial charge in [0.1, 0.15) is 0 Å². The summed E-state index contributed by atoms with van der Waals surface area (Å²) in [5, 5.41) is -3.31. The van der Waals surface area contributed by atoms with Crippen LogP contribution in [0.15, 0.2) is 11.1 Å². The van der Waals surface area contributed by atoms with E-state index in [9.17, 15) is 52.7 Å². The van der Waals surface area contributed by atoms with Crippen LogP contribution in [0.5, 0.6) is 0 Å². The van der Waals surface area contributed by atoms with Crippen LogP contribution in [0, 0.1) is 0 Å². The van der Waals surface area contributed by atoms with E-state index in [2.05, 4.69) is 34.8 Å². The van der Waals surface area contributed by atoms with Gasteiger partial charge in [0.2, 0.25) is 0 Å². The molecule has 1 atom stereocenters. The molecule has 0 aromatic carbocycles. The maximum atomic E-state index is 13.4. The molecule has 0 amide bonds. The first kappa shape index (κ1) is 22.8. The number of allylic oxidation sites excluding steroid dienone is 1. The highest BCUT2D eigenvalue weighted by atomic mass is 35.5. The van der Waals surface area contributed by atoms with Gasteiger partial charge in [-0.3, -0.25) is 0 Å². The van der Waals surface area contributed by atoms with Crippen molar-refractivity contribution in [2.24, 2.45) is 0 Å². The van der Waals surface area contributed by atoms with Crippen LogP contribution in [0.1, 0.15) is 0 Å². The van der Waals surface area contributed by atoms with E-state index in [1.165, 1.54) is 0 Å². The van der Waals surface area contributed by atoms with Gasteiger partial charge < -0.3 is 0 Å². The Morgan fingerprint density at radius 2 is 1.13 bits per heavy atom. The lowest BCUT2D eigenvalue weighted by Crippen LogP contribution is -2.65. The molecule has 23 heavy (non-hydrogen) atoms. The quantitative estimate of drug-likeness (QED) is 0.353. The number of alkyl halides is 12. The fourth-order valence-electron chi connectivity index (χ4n) is 1.03. The summed E-state index contributed by atoms with van der Waals surface area (Å²) in [5.41, 5.74) is 0. The zero-order valence-corrected chi connectivity index (χ0v) is 12.0. The fourth-order valence-corrected chi connectivity index (χ4v) is 1.58. The average Bonchev–Trinajstić information content (AvgIpc) is 2.34. The molecule has 0 heterocycles. The summed E-state index contributed by atoms with van der Waals surface area (Å²) in [6, 6.07) is 0. The summed E-state index contributed by atoms with van der Waals surface area (Å²) in [6.07, 6.45) is -15.7. The Balaban J connectivity index is 6.23. The highest BCUT2D eigenvalue weighted by molar-refractivity contribution is 6.50. The molecule has 0 aromatic rings. The minimum Gasteiger partial charge on any atom is -0.231 e. The van der Waals surface area contributed by atoms with Gasteiger partial charge in [0, 0.05) is 0 Å². The fraction of sp³-hybridized carbons (Fsp3) is 0.750. The van der Waals surface area contributed by atoms with Crippen LogP contribution >= 0.6 is 34.8 Å². The molecular weight excluding hydrogens is 430 g/mol. The maximum Gasteiger partial charge on any atom is 0.425 e. The van der Waals surface area contributed by atoms with Crippen LogP contribution in [-0.4, -0.2) is 34.4 Å². The Morgan fingerprint density at radius 1 is 0.783 bits per heavy atom. The molecular formula is C8HCl3F12. The summed E-state index contributed by atoms with van der Waals surface area (Å²) in [6.45, 7) is 0. The second-order valence-electron chi connectivity index (χ2n) is 3.82. The third kappa shape index (κ3) is 3.58. The van der Waals surface area contributed by atoms with Gasteiger partial charge >= 0.3 is 23.9 Å². The molecule has 0 N–H and O–H groups in total. The molecule has 1 unspecified atom stereocenters. The normalized spacial score (nSPS) is 16.3. The maximum absolute atomic E-state index is 13.4. The van der Waals surface area contributed by atoms with Crippen LogP contribution < -0.4 is 0 Å². The van der Waals surface area contributed by atoms with Crippen LogP contribution in [-0.2, 0) is 0 Å². The van der Waals surface area contributed by atoms with E-state index >= 15 is 0 Å². The van der Waals surface area contributed by atoms with Gasteiger partial charge in [0.05, 0.1) is 0 Å². The van der Waals surface area contributed by atoms with E-state index < -0.39 is 45.6 Å². The standard InChI is InChI=1S/C8HCl3F12/c9-1(2(12)13)4(15,16)8(22,23)7(10,11)5(17,18)3(14)6(19,20)21/h3H. The average molecular weight is 431 g/mol. The highest BCUT2D eigenvalue weighted by Gasteiger charge is 2.82. The van der Waals surface area contributed by atoms with Crippen molar-refractivity contribution in [2.45, 2.75) is 34.4 Å². The molecule has 0 spiro atoms. The minimum absolute atomic E-state index is 3.31. The number of rotatable bonds is 5. The first-order chi connectivity index (χ1) is 9.76. The molecule has 0 aromatic heterocycles. The smallest absolute Gasteiger partial charge is 0.231 e. The van der Waals surface area contributed by atoms with E-state index in [4.69, 9.17) is 0 Å². The van der Waals surface area contributed by atoms with Gasteiger partial charge in [-0.15, -0.1) is 0 Å². The summed E-state index contributed by atoms with van der Waals surface area (Å²) in [4.78, 5) is 0. The van der Waals surface area contributed by atoms with Gasteiger partial charge in [-0.1, -0.05) is 34.8 Å². The minimum atomic E-state index is -6.73. The predicted molar refractivity (Wildman–Crippen MR) is 55.3 cm³/mol. The zero-order valence-electron chi connectivity index (χ0n) is 9.75. The SMILES string of the molecule is FC(F)=C(Cl)C(F)(F)C(F)(F)C(Cl)(Cl)C(F)(F)C(F)C(F)(F)F. The van der Waals surface area contributed by atoms with Crippen molar-refractivity contribution < 1.29 is 52.7 Å². The summed E-state index contributed by atoms with van der Waals surface area (Å²) < 4.78 is 146. The van der Waals surface area contributed by atoms with Crippen LogP contribution in [0.3, 0.4) is 0 Å². The third-order valence-corrected chi connectivity index (χ3v) is 3.61. The van der Waals surface area contributed by atoms with E-state index in [0.29, 0.717) is 0 Å². The van der Waals surface area contributed by atoms with Crippen LogP contribution in [0.4, 0.5) is 52.7 Å². The monoisotopic (exact) mass is 430 g/mol. The van der Waals surface area contributed by atoms with Gasteiger partial charge in [-0.2, -0.15) is 48.3 Å². The van der Waals surface area contributed by atoms with Gasteiger partial charge in [-0.05, 0) is 0 Å². The predicted octanol–water partition coefficient (Wildman–Crippen LogP) is 6.31. The molecule has 0 aliphatic carbocycles. The van der Waals surface area contributed by atoms with E-state index in [0.717, 1.165) is 0 Å². The Kier molecular flexibility index (Phi) is 6.19. The molecule has 0 aliphatic rings. The van der Waals surface area contributed by atoms with Crippen LogP contribution in [0.2, 0.25) is 0 Å². The Hall–Kier alpha value is -0.230. The molecule has 0 fully saturated rings. The first-order valence-corrected chi connectivity index (χ1v) is 5.83. The Labute approximate surface area is 134 Å². The first-order valence-electron chi connectivity index (χ1n) is 4.69. The lowest BCUT2D eigenvalue weighted by atomic mass is 9.98. The van der Waals surface area contributed by atoms with E-state index in [1.54, 1.807) is 0 Å². The molecule has 15 heteroatoms. The second kappa shape index (κ2) is 6.25. The van der Waals surface area contributed by atoms with Crippen LogP contribution in [0.25, 0.3) is 0 Å². The molecule has 138 valence electrons. The molecule has 0 nitrogen and oxygen atoms in total. The van der Waals surface area contributed by atoms with Crippen molar-refractivity contribution in [2.75, 3.05) is 0 Å². The Bertz CT molecular complexity index is 475. The van der Waals surface area contributed by atoms with Crippen molar-refractivity contribution in [1.29, 1.82) is 0 Å².